The molecule has 0 spiro atoms. The Labute approximate surface area is 92.1 Å². The predicted octanol–water partition coefficient (Wildman–Crippen LogP) is 2.76. The monoisotopic (exact) mass is 202 g/mol. The molecule has 0 aliphatic carbocycles. The molecular formula is C14H18O. The standard InChI is InChI=1S/C14H18O/c1-2-3-4-5-6-13-7-9-14(10-8-13)11-12-15/h7-10,15H,2-4,11-12H2,1H3. The maximum absolute atomic E-state index is 8.76. The summed E-state index contributed by atoms with van der Waals surface area (Å²) in [6.45, 7) is 2.38. The van der Waals surface area contributed by atoms with Crippen molar-refractivity contribution < 1.29 is 5.11 Å². The lowest BCUT2D eigenvalue weighted by Gasteiger charge is -1.97. The van der Waals surface area contributed by atoms with E-state index in [1.165, 1.54) is 12.8 Å². The Balaban J connectivity index is 2.51. The Morgan fingerprint density at radius 2 is 1.93 bits per heavy atom. The van der Waals surface area contributed by atoms with Gasteiger partial charge in [-0.2, -0.15) is 0 Å². The predicted molar refractivity (Wildman–Crippen MR) is 63.6 cm³/mol. The molecule has 0 aliphatic rings. The SMILES string of the molecule is CCCCC#Cc1ccc(CCO)cc1. The van der Waals surface area contributed by atoms with Crippen LogP contribution >= 0.6 is 0 Å². The van der Waals surface area contributed by atoms with Crippen molar-refractivity contribution in [3.8, 4) is 11.8 Å². The molecule has 1 N–H and O–H groups in total. The summed E-state index contributed by atoms with van der Waals surface area (Å²) in [7, 11) is 0. The average Bonchev–Trinajstić information content (AvgIpc) is 2.27. The first-order valence-electron chi connectivity index (χ1n) is 5.55. The summed E-state index contributed by atoms with van der Waals surface area (Å²) in [5.74, 6) is 6.29. The van der Waals surface area contributed by atoms with Crippen LogP contribution in [-0.2, 0) is 6.42 Å². The Kier molecular flexibility index (Phi) is 5.58. The molecule has 0 bridgehead atoms. The highest BCUT2D eigenvalue weighted by molar-refractivity contribution is 5.36. The fraction of sp³-hybridized carbons (Fsp3) is 0.429. The molecule has 0 radical (unpaired) electrons. The van der Waals surface area contributed by atoms with E-state index < -0.39 is 0 Å². The fourth-order valence-electron chi connectivity index (χ4n) is 1.31. The first-order valence-corrected chi connectivity index (χ1v) is 5.55. The third-order valence-corrected chi connectivity index (χ3v) is 2.24. The number of unbranched alkanes of at least 4 members (excludes halogenated alkanes) is 2. The van der Waals surface area contributed by atoms with E-state index in [2.05, 4.69) is 18.8 Å². The van der Waals surface area contributed by atoms with Gasteiger partial charge in [-0.15, -0.1) is 0 Å². The van der Waals surface area contributed by atoms with Crippen molar-refractivity contribution >= 4 is 0 Å². The van der Waals surface area contributed by atoms with E-state index in [0.29, 0.717) is 0 Å². The van der Waals surface area contributed by atoms with Gasteiger partial charge in [-0.1, -0.05) is 37.3 Å². The van der Waals surface area contributed by atoms with E-state index in [1.54, 1.807) is 0 Å². The second-order valence-corrected chi connectivity index (χ2v) is 3.58. The third-order valence-electron chi connectivity index (χ3n) is 2.24. The lowest BCUT2D eigenvalue weighted by molar-refractivity contribution is 0.299. The topological polar surface area (TPSA) is 20.2 Å². The summed E-state index contributed by atoms with van der Waals surface area (Å²) in [6.07, 6.45) is 4.08. The van der Waals surface area contributed by atoms with Crippen LogP contribution in [0.3, 0.4) is 0 Å². The minimum Gasteiger partial charge on any atom is -0.396 e. The molecule has 1 aromatic rings. The van der Waals surface area contributed by atoms with Crippen molar-refractivity contribution in [1.82, 2.24) is 0 Å². The highest BCUT2D eigenvalue weighted by Crippen LogP contribution is 2.04. The number of hydrogen-bond acceptors (Lipinski definition) is 1. The Bertz CT molecular complexity index is 327. The van der Waals surface area contributed by atoms with Crippen LogP contribution < -0.4 is 0 Å². The van der Waals surface area contributed by atoms with Gasteiger partial charge in [0.25, 0.3) is 0 Å². The van der Waals surface area contributed by atoms with Crippen molar-refractivity contribution in [2.75, 3.05) is 6.61 Å². The average molecular weight is 202 g/mol. The normalized spacial score (nSPS) is 9.47. The molecule has 1 rings (SSSR count). The molecule has 1 nitrogen and oxygen atoms in total. The van der Waals surface area contributed by atoms with E-state index in [4.69, 9.17) is 5.11 Å². The summed E-state index contributed by atoms with van der Waals surface area (Å²) in [5.41, 5.74) is 2.23. The maximum atomic E-state index is 8.76. The number of aliphatic hydroxyl groups is 1. The zero-order valence-corrected chi connectivity index (χ0v) is 9.29. The molecule has 1 aromatic carbocycles. The van der Waals surface area contributed by atoms with Gasteiger partial charge in [-0.3, -0.25) is 0 Å². The van der Waals surface area contributed by atoms with Gasteiger partial charge in [-0.25, -0.2) is 0 Å². The first-order chi connectivity index (χ1) is 7.36. The molecule has 15 heavy (non-hydrogen) atoms. The van der Waals surface area contributed by atoms with E-state index >= 15 is 0 Å². The maximum Gasteiger partial charge on any atom is 0.0471 e. The molecule has 0 aromatic heterocycles. The van der Waals surface area contributed by atoms with Crippen molar-refractivity contribution in [2.24, 2.45) is 0 Å². The van der Waals surface area contributed by atoms with Gasteiger partial charge >= 0.3 is 0 Å². The molecular weight excluding hydrogens is 184 g/mol. The minimum absolute atomic E-state index is 0.210. The molecule has 0 saturated heterocycles. The summed E-state index contributed by atoms with van der Waals surface area (Å²) in [5, 5.41) is 8.76. The van der Waals surface area contributed by atoms with Gasteiger partial charge in [0.15, 0.2) is 0 Å². The third kappa shape index (κ3) is 4.67. The molecule has 0 fully saturated rings. The molecule has 0 aliphatic heterocycles. The zero-order valence-electron chi connectivity index (χ0n) is 9.29. The van der Waals surface area contributed by atoms with Crippen molar-refractivity contribution in [3.63, 3.8) is 0 Å². The van der Waals surface area contributed by atoms with Crippen LogP contribution in [0.4, 0.5) is 0 Å². The highest BCUT2D eigenvalue weighted by atomic mass is 16.2. The van der Waals surface area contributed by atoms with E-state index in [9.17, 15) is 0 Å². The summed E-state index contributed by atoms with van der Waals surface area (Å²) >= 11 is 0. The van der Waals surface area contributed by atoms with Crippen LogP contribution in [0.25, 0.3) is 0 Å². The molecule has 0 unspecified atom stereocenters. The molecule has 0 atom stereocenters. The Morgan fingerprint density at radius 1 is 1.20 bits per heavy atom. The van der Waals surface area contributed by atoms with E-state index in [1.807, 2.05) is 24.3 Å². The van der Waals surface area contributed by atoms with Crippen molar-refractivity contribution in [3.05, 3.63) is 35.4 Å². The molecule has 0 saturated carbocycles. The Hall–Kier alpha value is -1.26. The summed E-state index contributed by atoms with van der Waals surface area (Å²) < 4.78 is 0. The molecule has 80 valence electrons. The van der Waals surface area contributed by atoms with Gasteiger partial charge in [-0.05, 0) is 30.5 Å². The second-order valence-electron chi connectivity index (χ2n) is 3.58. The van der Waals surface area contributed by atoms with Crippen LogP contribution in [0.5, 0.6) is 0 Å². The summed E-state index contributed by atoms with van der Waals surface area (Å²) in [6, 6.07) is 8.09. The smallest absolute Gasteiger partial charge is 0.0471 e. The largest absolute Gasteiger partial charge is 0.396 e. The van der Waals surface area contributed by atoms with Crippen molar-refractivity contribution in [1.29, 1.82) is 0 Å². The van der Waals surface area contributed by atoms with Gasteiger partial charge in [0, 0.05) is 18.6 Å². The number of aliphatic hydroxyl groups excluding tert-OH is 1. The van der Waals surface area contributed by atoms with Crippen LogP contribution in [0.1, 0.15) is 37.3 Å². The van der Waals surface area contributed by atoms with Crippen LogP contribution in [0.15, 0.2) is 24.3 Å². The lowest BCUT2D eigenvalue weighted by atomic mass is 10.1. The van der Waals surface area contributed by atoms with Gasteiger partial charge in [0.2, 0.25) is 0 Å². The molecule has 1 heteroatoms. The number of rotatable bonds is 4. The van der Waals surface area contributed by atoms with Gasteiger partial charge in [0.1, 0.15) is 0 Å². The summed E-state index contributed by atoms with van der Waals surface area (Å²) in [4.78, 5) is 0. The zero-order chi connectivity index (χ0) is 10.9. The van der Waals surface area contributed by atoms with Crippen LogP contribution in [0.2, 0.25) is 0 Å². The molecule has 0 heterocycles. The molecule has 0 amide bonds. The van der Waals surface area contributed by atoms with E-state index in [0.717, 1.165) is 24.0 Å². The first kappa shape index (κ1) is 11.8. The van der Waals surface area contributed by atoms with Gasteiger partial charge < -0.3 is 5.11 Å². The number of hydrogen-bond donors (Lipinski definition) is 1. The second kappa shape index (κ2) is 7.09. The van der Waals surface area contributed by atoms with Crippen LogP contribution in [0, 0.1) is 11.8 Å². The highest BCUT2D eigenvalue weighted by Gasteiger charge is 1.91. The quantitative estimate of drug-likeness (QED) is 0.588. The lowest BCUT2D eigenvalue weighted by Crippen LogP contribution is -1.89. The fourth-order valence-corrected chi connectivity index (χ4v) is 1.31. The van der Waals surface area contributed by atoms with Crippen molar-refractivity contribution in [2.45, 2.75) is 32.6 Å². The minimum atomic E-state index is 0.210. The number of benzene rings is 1. The van der Waals surface area contributed by atoms with E-state index in [-0.39, 0.29) is 6.61 Å². The Morgan fingerprint density at radius 3 is 2.53 bits per heavy atom. The van der Waals surface area contributed by atoms with Gasteiger partial charge in [0.05, 0.1) is 0 Å². The van der Waals surface area contributed by atoms with Crippen LogP contribution in [-0.4, -0.2) is 11.7 Å².